The number of hydrogen-bond acceptors (Lipinski definition) is 2. The summed E-state index contributed by atoms with van der Waals surface area (Å²) in [4.78, 5) is 5.61. The number of aryl methyl sites for hydroxylation is 1. The van der Waals surface area contributed by atoms with Gasteiger partial charge < -0.3 is 0 Å². The van der Waals surface area contributed by atoms with E-state index in [1.54, 1.807) is 0 Å². The van der Waals surface area contributed by atoms with Gasteiger partial charge in [0.1, 0.15) is 0 Å². The first-order valence-electron chi connectivity index (χ1n) is 8.30. The number of aliphatic imine (C=N–C) groups is 1. The van der Waals surface area contributed by atoms with Crippen LogP contribution in [0.4, 0.5) is 0 Å². The van der Waals surface area contributed by atoms with Crippen LogP contribution in [0.15, 0.2) is 94.8 Å². The molecule has 0 aliphatic heterocycles. The quantitative estimate of drug-likeness (QED) is 0.589. The van der Waals surface area contributed by atoms with Gasteiger partial charge in [0.15, 0.2) is 0 Å². The van der Waals surface area contributed by atoms with Crippen molar-refractivity contribution >= 4 is 16.5 Å². The summed E-state index contributed by atoms with van der Waals surface area (Å²) < 4.78 is 12.8. The lowest BCUT2D eigenvalue weighted by Crippen LogP contribution is -2.13. The second-order valence-electron chi connectivity index (χ2n) is 5.92. The van der Waals surface area contributed by atoms with Crippen LogP contribution in [0.5, 0.6) is 0 Å². The third kappa shape index (κ3) is 4.97. The first kappa shape index (κ1) is 17.3. The van der Waals surface area contributed by atoms with Gasteiger partial charge in [-0.15, -0.1) is 0 Å². The van der Waals surface area contributed by atoms with Crippen molar-refractivity contribution in [2.45, 2.75) is 18.4 Å². The number of nitrogens with zero attached hydrogens (tertiary/aromatic N) is 1. The Kier molecular flexibility index (Phi) is 5.91. The molecule has 1 atom stereocenters. The fourth-order valence-electron chi connectivity index (χ4n) is 2.52. The predicted octanol–water partition coefficient (Wildman–Crippen LogP) is 4.79. The molecule has 0 amide bonds. The Morgan fingerprint density at radius 2 is 1.44 bits per heavy atom. The number of benzene rings is 3. The molecule has 3 rings (SSSR count). The summed E-state index contributed by atoms with van der Waals surface area (Å²) in [5.74, 6) is 0.417. The van der Waals surface area contributed by atoms with Gasteiger partial charge in [-0.3, -0.25) is 9.20 Å². The Morgan fingerprint density at radius 1 is 0.840 bits per heavy atom. The second-order valence-corrected chi connectivity index (χ2v) is 7.37. The lowest BCUT2D eigenvalue weighted by molar-refractivity contribution is 0.685. The van der Waals surface area contributed by atoms with Crippen molar-refractivity contribution in [1.29, 1.82) is 0 Å². The highest BCUT2D eigenvalue weighted by Gasteiger charge is 2.10. The van der Waals surface area contributed by atoms with E-state index in [1.165, 1.54) is 5.56 Å². The first-order chi connectivity index (χ1) is 12.2. The van der Waals surface area contributed by atoms with Gasteiger partial charge >= 0.3 is 0 Å². The molecule has 3 aromatic rings. The zero-order chi connectivity index (χ0) is 17.5. The smallest absolute Gasteiger partial charge is 0.0707 e. The van der Waals surface area contributed by atoms with Crippen molar-refractivity contribution in [2.24, 2.45) is 4.99 Å². The zero-order valence-electron chi connectivity index (χ0n) is 14.3. The summed E-state index contributed by atoms with van der Waals surface area (Å²) in [5.41, 5.74) is 4.22. The molecule has 2 nitrogen and oxygen atoms in total. The molecule has 3 aromatic carbocycles. The highest BCUT2D eigenvalue weighted by atomic mass is 32.2. The second kappa shape index (κ2) is 8.54. The van der Waals surface area contributed by atoms with E-state index < -0.39 is 10.8 Å². The minimum atomic E-state index is -1.11. The molecule has 0 aromatic heterocycles. The van der Waals surface area contributed by atoms with E-state index >= 15 is 0 Å². The molecule has 0 aliphatic rings. The molecule has 1 unspecified atom stereocenters. The van der Waals surface area contributed by atoms with Crippen molar-refractivity contribution in [3.05, 3.63) is 102 Å². The lowest BCUT2D eigenvalue weighted by Gasteiger charge is -2.08. The molecular weight excluding hydrogens is 326 g/mol. The summed E-state index contributed by atoms with van der Waals surface area (Å²) >= 11 is 0. The predicted molar refractivity (Wildman–Crippen MR) is 106 cm³/mol. The van der Waals surface area contributed by atoms with Gasteiger partial charge in [0.05, 0.1) is 28.8 Å². The van der Waals surface area contributed by atoms with Gasteiger partial charge in [0, 0.05) is 4.90 Å². The average molecular weight is 347 g/mol. The van der Waals surface area contributed by atoms with Crippen LogP contribution in [0, 0.1) is 6.92 Å². The molecule has 126 valence electrons. The highest BCUT2D eigenvalue weighted by Crippen LogP contribution is 2.12. The summed E-state index contributed by atoms with van der Waals surface area (Å²) in [6, 6.07) is 28.0. The van der Waals surface area contributed by atoms with Crippen molar-refractivity contribution in [3.8, 4) is 0 Å². The Morgan fingerprint density at radius 3 is 2.08 bits per heavy atom. The third-order valence-electron chi connectivity index (χ3n) is 3.95. The zero-order valence-corrected chi connectivity index (χ0v) is 15.1. The van der Waals surface area contributed by atoms with Crippen LogP contribution in [-0.2, 0) is 17.3 Å². The monoisotopic (exact) mass is 347 g/mol. The SMILES string of the molecule is Cc1ccc(S(=O)CC(=NCc2ccccc2)c2ccccc2)cc1. The van der Waals surface area contributed by atoms with Gasteiger partial charge in [-0.2, -0.15) is 0 Å². The molecule has 0 aliphatic carbocycles. The van der Waals surface area contributed by atoms with Crippen molar-refractivity contribution < 1.29 is 4.21 Å². The fourth-order valence-corrected chi connectivity index (χ4v) is 3.63. The van der Waals surface area contributed by atoms with E-state index in [0.717, 1.165) is 21.7 Å². The Labute approximate surface area is 151 Å². The topological polar surface area (TPSA) is 29.4 Å². The third-order valence-corrected chi connectivity index (χ3v) is 5.29. The van der Waals surface area contributed by atoms with Gasteiger partial charge in [-0.25, -0.2) is 0 Å². The van der Waals surface area contributed by atoms with Gasteiger partial charge in [-0.1, -0.05) is 78.4 Å². The minimum Gasteiger partial charge on any atom is -0.283 e. The molecule has 0 bridgehead atoms. The Bertz CT molecular complexity index is 856. The maximum Gasteiger partial charge on any atom is 0.0707 e. The molecule has 0 fully saturated rings. The van der Waals surface area contributed by atoms with Crippen molar-refractivity contribution in [3.63, 3.8) is 0 Å². The molecular formula is C22H21NOS. The van der Waals surface area contributed by atoms with Crippen LogP contribution < -0.4 is 0 Å². The molecule has 0 saturated heterocycles. The molecule has 0 radical (unpaired) electrons. The number of hydrogen-bond donors (Lipinski definition) is 0. The summed E-state index contributed by atoms with van der Waals surface area (Å²) in [7, 11) is -1.11. The van der Waals surface area contributed by atoms with Gasteiger partial charge in [-0.05, 0) is 30.2 Å². The minimum absolute atomic E-state index is 0.417. The average Bonchev–Trinajstić information content (AvgIpc) is 2.67. The van der Waals surface area contributed by atoms with Gasteiger partial charge in [0.2, 0.25) is 0 Å². The van der Waals surface area contributed by atoms with Crippen LogP contribution in [-0.4, -0.2) is 15.7 Å². The lowest BCUT2D eigenvalue weighted by atomic mass is 10.1. The van der Waals surface area contributed by atoms with E-state index in [1.807, 2.05) is 79.7 Å². The summed E-state index contributed by atoms with van der Waals surface area (Å²) in [5, 5.41) is 0. The normalized spacial score (nSPS) is 12.8. The summed E-state index contributed by atoms with van der Waals surface area (Å²) in [6.07, 6.45) is 0. The molecule has 0 N–H and O–H groups in total. The van der Waals surface area contributed by atoms with Crippen LogP contribution in [0.2, 0.25) is 0 Å². The van der Waals surface area contributed by atoms with Gasteiger partial charge in [0.25, 0.3) is 0 Å². The van der Waals surface area contributed by atoms with E-state index in [0.29, 0.717) is 12.3 Å². The van der Waals surface area contributed by atoms with Crippen LogP contribution >= 0.6 is 0 Å². The highest BCUT2D eigenvalue weighted by molar-refractivity contribution is 7.85. The van der Waals surface area contributed by atoms with Crippen molar-refractivity contribution in [1.82, 2.24) is 0 Å². The molecule has 0 saturated carbocycles. The number of rotatable bonds is 6. The molecule has 0 heterocycles. The fraction of sp³-hybridized carbons (Fsp3) is 0.136. The summed E-state index contributed by atoms with van der Waals surface area (Å²) in [6.45, 7) is 2.62. The van der Waals surface area contributed by atoms with E-state index in [9.17, 15) is 4.21 Å². The van der Waals surface area contributed by atoms with E-state index in [2.05, 4.69) is 12.1 Å². The van der Waals surface area contributed by atoms with Crippen molar-refractivity contribution in [2.75, 3.05) is 5.75 Å². The molecule has 0 spiro atoms. The largest absolute Gasteiger partial charge is 0.283 e. The Hall–Kier alpha value is -2.52. The van der Waals surface area contributed by atoms with E-state index in [4.69, 9.17) is 4.99 Å². The maximum absolute atomic E-state index is 12.8. The van der Waals surface area contributed by atoms with Crippen LogP contribution in [0.3, 0.4) is 0 Å². The molecule has 25 heavy (non-hydrogen) atoms. The van der Waals surface area contributed by atoms with Crippen LogP contribution in [0.1, 0.15) is 16.7 Å². The van der Waals surface area contributed by atoms with Crippen LogP contribution in [0.25, 0.3) is 0 Å². The standard InChI is InChI=1S/C22H21NOS/c1-18-12-14-21(15-13-18)25(24)17-22(20-10-6-3-7-11-20)23-16-19-8-4-2-5-9-19/h2-15H,16-17H2,1H3. The Balaban J connectivity index is 1.83. The first-order valence-corrected chi connectivity index (χ1v) is 9.62. The van der Waals surface area contributed by atoms with E-state index in [-0.39, 0.29) is 0 Å². The maximum atomic E-state index is 12.8. The molecule has 3 heteroatoms.